The van der Waals surface area contributed by atoms with Crippen LogP contribution in [0.1, 0.15) is 20.8 Å². The number of carbonyl (C=O) groups excluding carboxylic acids is 3. The number of halogens is 2. The molecular weight excluding hydrogens is 453 g/mol. The number of nitrogens with two attached hydrogens (primary N) is 1. The minimum atomic E-state index is -0.908. The van der Waals surface area contributed by atoms with Gasteiger partial charge in [-0.3, -0.25) is 24.6 Å². The second-order valence-corrected chi connectivity index (χ2v) is 8.72. The minimum Gasteiger partial charge on any atom is -0.444 e. The van der Waals surface area contributed by atoms with Gasteiger partial charge in [0.15, 0.2) is 0 Å². The second kappa shape index (κ2) is 9.67. The molecule has 31 heavy (non-hydrogen) atoms. The van der Waals surface area contributed by atoms with Crippen molar-refractivity contribution in [1.82, 2.24) is 9.80 Å². The zero-order valence-corrected chi connectivity index (χ0v) is 18.7. The summed E-state index contributed by atoms with van der Waals surface area (Å²) in [7, 11) is 0. The molecule has 11 nitrogen and oxygen atoms in total. The lowest BCUT2D eigenvalue weighted by Crippen LogP contribution is -2.60. The Balaban J connectivity index is 2.07. The Morgan fingerprint density at radius 3 is 2.32 bits per heavy atom. The van der Waals surface area contributed by atoms with Crippen molar-refractivity contribution in [3.63, 3.8) is 0 Å². The van der Waals surface area contributed by atoms with Gasteiger partial charge in [0, 0.05) is 31.8 Å². The molecule has 1 aliphatic rings. The monoisotopic (exact) mass is 475 g/mol. The molecule has 1 aromatic carbocycles. The van der Waals surface area contributed by atoms with Crippen LogP contribution >= 0.6 is 23.2 Å². The van der Waals surface area contributed by atoms with Crippen LogP contribution in [0.5, 0.6) is 0 Å². The number of rotatable bonds is 5. The van der Waals surface area contributed by atoms with Gasteiger partial charge in [-0.1, -0.05) is 23.2 Å². The Labute approximate surface area is 188 Å². The summed E-state index contributed by atoms with van der Waals surface area (Å²) in [5, 5.41) is 13.2. The zero-order chi connectivity index (χ0) is 23.5. The molecule has 1 unspecified atom stereocenters. The Morgan fingerprint density at radius 1 is 1.26 bits per heavy atom. The largest absolute Gasteiger partial charge is 0.444 e. The standard InChI is InChI=1S/C18H23Cl2N5O6/c1-18(2,3)31-17(28)24-5-4-23(13(8-24)16(21)27)9-14(26)22-15-11(19)6-10(25(29)30)7-12(15)20/h6-7,13H,4-5,8-9H2,1-3H3,(H2,21,27)(H,22,26). The van der Waals surface area contributed by atoms with Crippen LogP contribution in [-0.4, -0.2) is 70.5 Å². The molecule has 2 rings (SSSR count). The predicted octanol–water partition coefficient (Wildman–Crippen LogP) is 2.25. The average molecular weight is 476 g/mol. The molecule has 0 radical (unpaired) electrons. The molecule has 1 fully saturated rings. The quantitative estimate of drug-likeness (QED) is 0.489. The first-order chi connectivity index (χ1) is 14.3. The fourth-order valence-electron chi connectivity index (χ4n) is 2.92. The lowest BCUT2D eigenvalue weighted by atomic mass is 10.1. The minimum absolute atomic E-state index is 0.0157. The molecule has 0 saturated carbocycles. The van der Waals surface area contributed by atoms with E-state index in [1.54, 1.807) is 20.8 Å². The smallest absolute Gasteiger partial charge is 0.410 e. The van der Waals surface area contributed by atoms with E-state index in [1.807, 2.05) is 0 Å². The third-order valence-electron chi connectivity index (χ3n) is 4.32. The summed E-state index contributed by atoms with van der Waals surface area (Å²) >= 11 is 12.0. The molecule has 13 heteroatoms. The molecule has 1 heterocycles. The van der Waals surface area contributed by atoms with Gasteiger partial charge in [0.2, 0.25) is 11.8 Å². The summed E-state index contributed by atoms with van der Waals surface area (Å²) in [6, 6.07) is 1.22. The molecule has 3 amide bonds. The van der Waals surface area contributed by atoms with Crippen molar-refractivity contribution >= 4 is 52.5 Å². The Kier molecular flexibility index (Phi) is 7.68. The van der Waals surface area contributed by atoms with E-state index in [-0.39, 0.29) is 47.6 Å². The van der Waals surface area contributed by atoms with Gasteiger partial charge >= 0.3 is 6.09 Å². The highest BCUT2D eigenvalue weighted by Gasteiger charge is 2.35. The zero-order valence-electron chi connectivity index (χ0n) is 17.2. The average Bonchev–Trinajstić information content (AvgIpc) is 2.63. The van der Waals surface area contributed by atoms with Crippen molar-refractivity contribution in [3.05, 3.63) is 32.3 Å². The highest BCUT2D eigenvalue weighted by molar-refractivity contribution is 6.40. The fraction of sp³-hybridized carbons (Fsp3) is 0.500. The number of anilines is 1. The van der Waals surface area contributed by atoms with Crippen molar-refractivity contribution in [3.8, 4) is 0 Å². The topological polar surface area (TPSA) is 148 Å². The Hall–Kier alpha value is -2.63. The summed E-state index contributed by atoms with van der Waals surface area (Å²) in [4.78, 5) is 49.8. The van der Waals surface area contributed by atoms with Gasteiger partial charge in [-0.05, 0) is 20.8 Å². The van der Waals surface area contributed by atoms with Crippen molar-refractivity contribution in [2.75, 3.05) is 31.5 Å². The van der Waals surface area contributed by atoms with E-state index in [1.165, 1.54) is 9.80 Å². The molecule has 0 aromatic heterocycles. The molecule has 170 valence electrons. The molecule has 0 spiro atoms. The van der Waals surface area contributed by atoms with Crippen LogP contribution in [0, 0.1) is 10.1 Å². The summed E-state index contributed by atoms with van der Waals surface area (Å²) in [6.07, 6.45) is -0.577. The SMILES string of the molecule is CC(C)(C)OC(=O)N1CCN(CC(=O)Nc2c(Cl)cc([N+](=O)[O-])cc2Cl)C(C(N)=O)C1. The Morgan fingerprint density at radius 2 is 1.84 bits per heavy atom. The maximum absolute atomic E-state index is 12.5. The summed E-state index contributed by atoms with van der Waals surface area (Å²) in [6.45, 7) is 5.34. The molecule has 3 N–H and O–H groups in total. The van der Waals surface area contributed by atoms with E-state index in [4.69, 9.17) is 33.7 Å². The van der Waals surface area contributed by atoms with Crippen molar-refractivity contribution < 1.29 is 24.0 Å². The number of hydrogen-bond acceptors (Lipinski definition) is 7. The van der Waals surface area contributed by atoms with Gasteiger partial charge < -0.3 is 20.7 Å². The number of benzene rings is 1. The number of carbonyl (C=O) groups is 3. The van der Waals surface area contributed by atoms with E-state index in [2.05, 4.69) is 5.32 Å². The van der Waals surface area contributed by atoms with Gasteiger partial charge in [-0.2, -0.15) is 0 Å². The Bertz CT molecular complexity index is 881. The number of primary amides is 1. The molecule has 1 atom stereocenters. The molecule has 1 aromatic rings. The number of non-ortho nitro benzene ring substituents is 1. The first kappa shape index (κ1) is 24.6. The van der Waals surface area contributed by atoms with Crippen LogP contribution in [0.25, 0.3) is 0 Å². The van der Waals surface area contributed by atoms with Crippen LogP contribution in [0.3, 0.4) is 0 Å². The van der Waals surface area contributed by atoms with Crippen LogP contribution in [0.4, 0.5) is 16.2 Å². The number of amides is 3. The third kappa shape index (κ3) is 6.68. The van der Waals surface area contributed by atoms with Crippen molar-refractivity contribution in [2.24, 2.45) is 5.73 Å². The highest BCUT2D eigenvalue weighted by Crippen LogP contribution is 2.34. The van der Waals surface area contributed by atoms with Crippen molar-refractivity contribution in [1.29, 1.82) is 0 Å². The number of nitrogens with one attached hydrogen (secondary N) is 1. The van der Waals surface area contributed by atoms with Gasteiger partial charge in [0.25, 0.3) is 5.69 Å². The number of piperazine rings is 1. The number of hydrogen-bond donors (Lipinski definition) is 2. The number of nitrogens with zero attached hydrogens (tertiary/aromatic N) is 3. The predicted molar refractivity (Wildman–Crippen MR) is 114 cm³/mol. The molecular formula is C18H23Cl2N5O6. The van der Waals surface area contributed by atoms with Gasteiger partial charge in [-0.25, -0.2) is 4.79 Å². The van der Waals surface area contributed by atoms with Gasteiger partial charge in [0.1, 0.15) is 11.6 Å². The molecule has 0 bridgehead atoms. The number of nitro groups is 1. The number of ether oxygens (including phenoxy) is 1. The fourth-order valence-corrected chi connectivity index (χ4v) is 3.49. The van der Waals surface area contributed by atoms with Gasteiger partial charge in [-0.15, -0.1) is 0 Å². The van der Waals surface area contributed by atoms with Gasteiger partial charge in [0.05, 0.1) is 27.2 Å². The van der Waals surface area contributed by atoms with E-state index in [0.717, 1.165) is 12.1 Å². The van der Waals surface area contributed by atoms with Crippen LogP contribution in [-0.2, 0) is 14.3 Å². The maximum Gasteiger partial charge on any atom is 0.410 e. The first-order valence-electron chi connectivity index (χ1n) is 9.23. The van der Waals surface area contributed by atoms with Crippen LogP contribution in [0.15, 0.2) is 12.1 Å². The highest BCUT2D eigenvalue weighted by atomic mass is 35.5. The van der Waals surface area contributed by atoms with E-state index < -0.39 is 34.5 Å². The van der Waals surface area contributed by atoms with E-state index >= 15 is 0 Å². The van der Waals surface area contributed by atoms with Crippen LogP contribution < -0.4 is 11.1 Å². The van der Waals surface area contributed by atoms with E-state index in [9.17, 15) is 24.5 Å². The second-order valence-electron chi connectivity index (χ2n) is 7.90. The number of nitro benzene ring substituents is 1. The summed E-state index contributed by atoms with van der Waals surface area (Å²) in [5.74, 6) is -1.26. The van der Waals surface area contributed by atoms with Crippen LogP contribution in [0.2, 0.25) is 10.0 Å². The lowest BCUT2D eigenvalue weighted by molar-refractivity contribution is -0.384. The lowest BCUT2D eigenvalue weighted by Gasteiger charge is -2.39. The van der Waals surface area contributed by atoms with E-state index in [0.29, 0.717) is 0 Å². The van der Waals surface area contributed by atoms with Crippen molar-refractivity contribution in [2.45, 2.75) is 32.4 Å². The molecule has 0 aliphatic carbocycles. The molecule has 1 saturated heterocycles. The first-order valence-corrected chi connectivity index (χ1v) is 9.98. The third-order valence-corrected chi connectivity index (χ3v) is 4.92. The summed E-state index contributed by atoms with van der Waals surface area (Å²) in [5.41, 5.74) is 4.47. The molecule has 1 aliphatic heterocycles. The summed E-state index contributed by atoms with van der Waals surface area (Å²) < 4.78 is 5.31. The maximum atomic E-state index is 12.5. The normalized spacial score (nSPS) is 17.2.